The predicted molar refractivity (Wildman–Crippen MR) is 143 cm³/mol. The first-order valence-corrected chi connectivity index (χ1v) is 12.9. The Bertz CT molecular complexity index is 1400. The van der Waals surface area contributed by atoms with Crippen LogP contribution in [0.2, 0.25) is 0 Å². The molecule has 0 bridgehead atoms. The topological polar surface area (TPSA) is 116 Å². The van der Waals surface area contributed by atoms with Gasteiger partial charge in [-0.2, -0.15) is 0 Å². The molecule has 3 aromatic rings. The number of nitrogens with one attached hydrogen (secondary N) is 2. The van der Waals surface area contributed by atoms with Crippen LogP contribution in [0.15, 0.2) is 81.3 Å². The highest BCUT2D eigenvalue weighted by molar-refractivity contribution is 8.14. The fraction of sp³-hybridized carbons (Fsp3) is 0.222. The molecule has 0 fully saturated rings. The normalized spacial score (nSPS) is 16.0. The first-order valence-electron chi connectivity index (χ1n) is 11.9. The maximum atomic E-state index is 13.4. The molecule has 1 atom stereocenters. The van der Waals surface area contributed by atoms with Crippen molar-refractivity contribution in [2.45, 2.75) is 32.4 Å². The van der Waals surface area contributed by atoms with Crippen molar-refractivity contribution in [3.05, 3.63) is 83.8 Å². The van der Waals surface area contributed by atoms with E-state index in [0.29, 0.717) is 22.5 Å². The second-order valence-corrected chi connectivity index (χ2v) is 9.54. The third-order valence-electron chi connectivity index (χ3n) is 5.98. The highest BCUT2D eigenvalue weighted by Gasteiger charge is 2.41. The van der Waals surface area contributed by atoms with Crippen LogP contribution in [0, 0.1) is 6.92 Å². The lowest BCUT2D eigenvalue weighted by atomic mass is 10.1. The predicted octanol–water partition coefficient (Wildman–Crippen LogP) is 4.02. The monoisotopic (exact) mass is 515 g/mol. The molecule has 2 aromatic carbocycles. The fourth-order valence-electron chi connectivity index (χ4n) is 4.07. The number of hydrogen-bond donors (Lipinski definition) is 2. The van der Waals surface area contributed by atoms with Gasteiger partial charge in [-0.05, 0) is 49.2 Å². The van der Waals surface area contributed by atoms with Gasteiger partial charge in [0.2, 0.25) is 11.8 Å². The van der Waals surface area contributed by atoms with E-state index < -0.39 is 6.04 Å². The summed E-state index contributed by atoms with van der Waals surface area (Å²) in [6.07, 6.45) is 1.95. The van der Waals surface area contributed by atoms with Crippen LogP contribution in [0.4, 0.5) is 11.4 Å². The van der Waals surface area contributed by atoms with Crippen molar-refractivity contribution in [2.75, 3.05) is 11.1 Å². The Morgan fingerprint density at radius 1 is 1.05 bits per heavy atom. The lowest BCUT2D eigenvalue weighted by Gasteiger charge is -2.25. The number of anilines is 1. The van der Waals surface area contributed by atoms with Crippen LogP contribution in [-0.2, 0) is 20.9 Å². The molecule has 0 aliphatic carbocycles. The van der Waals surface area contributed by atoms with E-state index in [4.69, 9.17) is 4.42 Å². The van der Waals surface area contributed by atoms with E-state index in [-0.39, 0.29) is 42.9 Å². The molecule has 2 aliphatic heterocycles. The van der Waals surface area contributed by atoms with E-state index in [1.165, 1.54) is 16.7 Å². The minimum Gasteiger partial charge on any atom is -0.467 e. The third kappa shape index (κ3) is 5.49. The average Bonchev–Trinajstić information content (AvgIpc) is 3.54. The van der Waals surface area contributed by atoms with Crippen LogP contribution in [0.25, 0.3) is 0 Å². The van der Waals surface area contributed by atoms with Gasteiger partial charge in [0.1, 0.15) is 17.6 Å². The molecule has 1 aromatic heterocycles. The number of aliphatic imine (C=N–C) groups is 2. The van der Waals surface area contributed by atoms with Crippen LogP contribution >= 0.6 is 11.8 Å². The Morgan fingerprint density at radius 2 is 1.86 bits per heavy atom. The molecular formula is C27H25N5O4S. The van der Waals surface area contributed by atoms with E-state index in [1.54, 1.807) is 18.4 Å². The van der Waals surface area contributed by atoms with E-state index in [2.05, 4.69) is 20.6 Å². The second-order valence-electron chi connectivity index (χ2n) is 8.60. The van der Waals surface area contributed by atoms with E-state index in [9.17, 15) is 14.4 Å². The number of para-hydroxylation sites is 2. The van der Waals surface area contributed by atoms with Gasteiger partial charge in [0, 0.05) is 17.7 Å². The minimum atomic E-state index is -0.706. The van der Waals surface area contributed by atoms with Crippen molar-refractivity contribution in [1.82, 2.24) is 10.2 Å². The van der Waals surface area contributed by atoms with E-state index in [1.807, 2.05) is 55.5 Å². The Labute approximate surface area is 218 Å². The molecule has 2 N–H and O–H groups in total. The summed E-state index contributed by atoms with van der Waals surface area (Å²) in [5.41, 5.74) is 3.14. The smallest absolute Gasteiger partial charge is 0.259 e. The molecule has 3 amide bonds. The van der Waals surface area contributed by atoms with Crippen LogP contribution in [0.3, 0.4) is 0 Å². The lowest BCUT2D eigenvalue weighted by Crippen LogP contribution is -2.41. The molecule has 0 unspecified atom stereocenters. The first-order chi connectivity index (χ1) is 18.0. The summed E-state index contributed by atoms with van der Waals surface area (Å²) in [5, 5.41) is 6.09. The average molecular weight is 516 g/mol. The summed E-state index contributed by atoms with van der Waals surface area (Å²) in [6.45, 7) is 2.21. The van der Waals surface area contributed by atoms with E-state index in [0.717, 1.165) is 16.8 Å². The lowest BCUT2D eigenvalue weighted by molar-refractivity contribution is -0.125. The molecule has 0 saturated heterocycles. The Balaban J connectivity index is 1.26. The number of thioether (sulfide) groups is 1. The van der Waals surface area contributed by atoms with Crippen LogP contribution in [0.5, 0.6) is 0 Å². The van der Waals surface area contributed by atoms with Gasteiger partial charge in [-0.15, -0.1) is 0 Å². The molecule has 37 heavy (non-hydrogen) atoms. The maximum absolute atomic E-state index is 13.4. The molecule has 5 rings (SSSR count). The highest BCUT2D eigenvalue weighted by atomic mass is 32.2. The van der Waals surface area contributed by atoms with Gasteiger partial charge in [-0.3, -0.25) is 19.4 Å². The van der Waals surface area contributed by atoms with Gasteiger partial charge in [-0.1, -0.05) is 42.1 Å². The molecule has 0 saturated carbocycles. The summed E-state index contributed by atoms with van der Waals surface area (Å²) in [6, 6.07) is 17.8. The number of amidine groups is 2. The molecular weight excluding hydrogens is 490 g/mol. The van der Waals surface area contributed by atoms with Crippen LogP contribution in [0.1, 0.15) is 29.7 Å². The molecule has 3 heterocycles. The third-order valence-corrected chi connectivity index (χ3v) is 6.92. The first kappa shape index (κ1) is 24.5. The fourth-order valence-corrected chi connectivity index (χ4v) is 4.87. The zero-order valence-corrected chi connectivity index (χ0v) is 21.0. The number of aryl methyl sites for hydroxylation is 1. The summed E-state index contributed by atoms with van der Waals surface area (Å²) in [4.78, 5) is 49.1. The number of fused-ring (bicyclic) bond motifs is 3. The molecule has 0 radical (unpaired) electrons. The van der Waals surface area contributed by atoms with Crippen molar-refractivity contribution in [1.29, 1.82) is 0 Å². The molecule has 2 aliphatic rings. The van der Waals surface area contributed by atoms with Gasteiger partial charge < -0.3 is 15.1 Å². The number of carbonyl (C=O) groups is 3. The molecule has 10 heteroatoms. The van der Waals surface area contributed by atoms with Gasteiger partial charge in [-0.25, -0.2) is 9.89 Å². The zero-order valence-electron chi connectivity index (χ0n) is 20.1. The Hall–Kier alpha value is -4.18. The quantitative estimate of drug-likeness (QED) is 0.470. The van der Waals surface area contributed by atoms with Crippen LogP contribution < -0.4 is 10.6 Å². The Kier molecular flexibility index (Phi) is 7.18. The minimum absolute atomic E-state index is 0.0756. The van der Waals surface area contributed by atoms with Crippen molar-refractivity contribution in [3.63, 3.8) is 0 Å². The summed E-state index contributed by atoms with van der Waals surface area (Å²) in [5.74, 6) is 0.587. The SMILES string of the molecule is Cc1ccccc1NC(=O)CSC1=Nc2ccccc2C2=N[C@@H](CCC(=O)NCc3ccco3)C(=O)N12. The second kappa shape index (κ2) is 10.8. The van der Waals surface area contributed by atoms with Crippen molar-refractivity contribution < 1.29 is 18.8 Å². The maximum Gasteiger partial charge on any atom is 0.259 e. The number of rotatable bonds is 8. The van der Waals surface area contributed by atoms with Gasteiger partial charge in [0.25, 0.3) is 5.91 Å². The zero-order chi connectivity index (χ0) is 25.8. The van der Waals surface area contributed by atoms with Crippen molar-refractivity contribution >= 4 is 51.9 Å². The largest absolute Gasteiger partial charge is 0.467 e. The Morgan fingerprint density at radius 3 is 2.68 bits per heavy atom. The number of nitrogens with zero attached hydrogens (tertiary/aromatic N) is 3. The van der Waals surface area contributed by atoms with Crippen molar-refractivity contribution in [2.24, 2.45) is 9.98 Å². The van der Waals surface area contributed by atoms with Crippen molar-refractivity contribution in [3.8, 4) is 0 Å². The van der Waals surface area contributed by atoms with Gasteiger partial charge in [0.15, 0.2) is 5.17 Å². The van der Waals surface area contributed by atoms with Gasteiger partial charge in [0.05, 0.1) is 24.2 Å². The number of benzene rings is 2. The number of furan rings is 1. The van der Waals surface area contributed by atoms with Gasteiger partial charge >= 0.3 is 0 Å². The van der Waals surface area contributed by atoms with E-state index >= 15 is 0 Å². The molecule has 188 valence electrons. The summed E-state index contributed by atoms with van der Waals surface area (Å²) < 4.78 is 5.23. The standard InChI is InChI=1S/C27H25N5O4S/c1-17-7-2-4-10-20(17)29-24(34)16-37-27-31-21-11-5-3-9-19(21)25-30-22(26(35)32(25)27)12-13-23(33)28-15-18-8-6-14-36-18/h2-11,14,22H,12-13,15-16H2,1H3,(H,28,33)(H,29,34)/t22-/m0/s1. The summed E-state index contributed by atoms with van der Waals surface area (Å²) >= 11 is 1.18. The summed E-state index contributed by atoms with van der Waals surface area (Å²) in [7, 11) is 0. The number of hydrogen-bond acceptors (Lipinski definition) is 7. The number of amides is 3. The molecule has 0 spiro atoms. The molecule has 9 nitrogen and oxygen atoms in total. The number of carbonyl (C=O) groups excluding carboxylic acids is 3. The highest BCUT2D eigenvalue weighted by Crippen LogP contribution is 2.34. The van der Waals surface area contributed by atoms with Crippen LogP contribution in [-0.4, -0.2) is 45.4 Å².